The van der Waals surface area contributed by atoms with Crippen LogP contribution in [0.15, 0.2) is 71.9 Å². The van der Waals surface area contributed by atoms with Crippen LogP contribution in [-0.2, 0) is 11.0 Å². The molecule has 3 N–H and O–H groups in total. The number of fused-ring (bicyclic) bond motifs is 3. The maximum atomic E-state index is 14.9. The smallest absolute Gasteiger partial charge is 0.258 e. The van der Waals surface area contributed by atoms with Crippen LogP contribution in [0, 0.1) is 17.0 Å². The number of aliphatic imine (C=N–C) groups is 1. The number of anilines is 2. The molecule has 1 fully saturated rings. The van der Waals surface area contributed by atoms with Crippen molar-refractivity contribution in [3.05, 3.63) is 106 Å². The molecule has 1 saturated heterocycles. The van der Waals surface area contributed by atoms with Crippen LogP contribution in [0.25, 0.3) is 11.3 Å². The lowest BCUT2D eigenvalue weighted by molar-refractivity contribution is 0.0942. The predicted octanol–water partition coefficient (Wildman–Crippen LogP) is 5.36. The van der Waals surface area contributed by atoms with Crippen molar-refractivity contribution in [1.82, 2.24) is 25.1 Å². The molecule has 1 amide bonds. The Morgan fingerprint density at radius 1 is 1.07 bits per heavy atom. The van der Waals surface area contributed by atoms with E-state index < -0.39 is 11.6 Å². The van der Waals surface area contributed by atoms with Crippen LogP contribution >= 0.6 is 22.6 Å². The third-order valence-corrected chi connectivity index (χ3v) is 8.62. The summed E-state index contributed by atoms with van der Waals surface area (Å²) in [4.78, 5) is 30.7. The molecule has 0 spiro atoms. The van der Waals surface area contributed by atoms with Gasteiger partial charge in [-0.05, 0) is 56.1 Å². The third-order valence-electron chi connectivity index (χ3n) is 7.74. The van der Waals surface area contributed by atoms with Crippen LogP contribution in [0.3, 0.4) is 0 Å². The largest absolute Gasteiger partial charge is 0.340 e. The van der Waals surface area contributed by atoms with Crippen molar-refractivity contribution in [1.29, 1.82) is 5.41 Å². The highest BCUT2D eigenvalue weighted by Crippen LogP contribution is 2.34. The Morgan fingerprint density at radius 2 is 1.82 bits per heavy atom. The van der Waals surface area contributed by atoms with Crippen LogP contribution in [0.4, 0.5) is 20.4 Å². The molecular formula is C32H29F2IN8O. The van der Waals surface area contributed by atoms with Gasteiger partial charge in [0.1, 0.15) is 11.6 Å². The van der Waals surface area contributed by atoms with E-state index in [1.807, 2.05) is 37.2 Å². The normalized spacial score (nSPS) is 14.2. The number of likely N-dealkylation sites (N-methyl/N-ethyl adjacent to an activating group) is 1. The summed E-state index contributed by atoms with van der Waals surface area (Å²) in [6, 6.07) is 16.8. The van der Waals surface area contributed by atoms with Gasteiger partial charge < -0.3 is 15.1 Å². The van der Waals surface area contributed by atoms with E-state index in [4.69, 9.17) is 10.4 Å². The summed E-state index contributed by atoms with van der Waals surface area (Å²) in [5.41, 5.74) is 4.59. The molecule has 0 bridgehead atoms. The predicted molar refractivity (Wildman–Crippen MR) is 175 cm³/mol. The van der Waals surface area contributed by atoms with E-state index in [-0.39, 0.29) is 35.6 Å². The summed E-state index contributed by atoms with van der Waals surface area (Å²) in [5, 5.41) is 14.1. The molecule has 0 radical (unpaired) electrons. The monoisotopic (exact) mass is 706 g/mol. The molecule has 2 aliphatic rings. The molecule has 0 unspecified atom stereocenters. The number of rotatable bonds is 6. The van der Waals surface area contributed by atoms with Crippen molar-refractivity contribution in [2.45, 2.75) is 17.0 Å². The molecular weight excluding hydrogens is 677 g/mol. The van der Waals surface area contributed by atoms with E-state index in [9.17, 15) is 13.6 Å². The van der Waals surface area contributed by atoms with E-state index in [1.165, 1.54) is 18.2 Å². The summed E-state index contributed by atoms with van der Waals surface area (Å²) in [6.45, 7) is 1.52. The molecule has 0 aliphatic carbocycles. The SMILES string of the molecule is CN(C)C1CN(C(=N)NC(=O)c2cccc(Nc3ncc4c(n3)-c3ccc(CI)cc3C(c3c(F)cccc3F)=NC4)c2)C1. The number of amides is 1. The number of benzene rings is 3. The van der Waals surface area contributed by atoms with Gasteiger partial charge in [-0.3, -0.25) is 20.5 Å². The number of aromatic nitrogens is 2. The molecule has 224 valence electrons. The minimum Gasteiger partial charge on any atom is -0.340 e. The van der Waals surface area contributed by atoms with Crippen LogP contribution in [-0.4, -0.2) is 70.6 Å². The van der Waals surface area contributed by atoms with E-state index in [0.717, 1.165) is 5.56 Å². The Labute approximate surface area is 267 Å². The Kier molecular flexibility index (Phi) is 8.36. The number of alkyl halides is 1. The minimum atomic E-state index is -0.685. The minimum absolute atomic E-state index is 0.0711. The number of halogens is 3. The number of guanidine groups is 1. The average molecular weight is 707 g/mol. The summed E-state index contributed by atoms with van der Waals surface area (Å²) in [5.74, 6) is -1.40. The Balaban J connectivity index is 1.26. The zero-order valence-corrected chi connectivity index (χ0v) is 26.2. The number of carbonyl (C=O) groups excluding carboxylic acids is 1. The summed E-state index contributed by atoms with van der Waals surface area (Å²) in [6.07, 6.45) is 1.65. The average Bonchev–Trinajstić information content (AvgIpc) is 3.13. The Morgan fingerprint density at radius 3 is 2.55 bits per heavy atom. The van der Waals surface area contributed by atoms with Gasteiger partial charge in [-0.1, -0.05) is 46.9 Å². The summed E-state index contributed by atoms with van der Waals surface area (Å²) >= 11 is 2.25. The van der Waals surface area contributed by atoms with Crippen molar-refractivity contribution >= 4 is 51.8 Å². The van der Waals surface area contributed by atoms with Gasteiger partial charge in [-0.15, -0.1) is 0 Å². The fourth-order valence-electron chi connectivity index (χ4n) is 5.17. The number of likely N-dealkylation sites (tertiary alicyclic amines) is 1. The van der Waals surface area contributed by atoms with Crippen LogP contribution in [0.2, 0.25) is 0 Å². The van der Waals surface area contributed by atoms with Gasteiger partial charge in [-0.25, -0.2) is 18.7 Å². The molecule has 6 rings (SSSR count). The van der Waals surface area contributed by atoms with Gasteiger partial charge in [0.05, 0.1) is 23.5 Å². The molecule has 1 aromatic heterocycles. The highest BCUT2D eigenvalue weighted by atomic mass is 127. The first-order valence-electron chi connectivity index (χ1n) is 13.9. The number of carbonyl (C=O) groups is 1. The van der Waals surface area contributed by atoms with Crippen LogP contribution in [0.5, 0.6) is 0 Å². The van der Waals surface area contributed by atoms with Gasteiger partial charge in [-0.2, -0.15) is 0 Å². The van der Waals surface area contributed by atoms with Crippen molar-refractivity contribution in [2.24, 2.45) is 4.99 Å². The molecule has 3 heterocycles. The molecule has 4 aromatic rings. The summed E-state index contributed by atoms with van der Waals surface area (Å²) in [7, 11) is 3.99. The lowest BCUT2D eigenvalue weighted by Gasteiger charge is -2.43. The number of hydrogen-bond donors (Lipinski definition) is 3. The highest BCUT2D eigenvalue weighted by Gasteiger charge is 2.31. The van der Waals surface area contributed by atoms with Crippen LogP contribution < -0.4 is 10.6 Å². The second kappa shape index (κ2) is 12.4. The second-order valence-corrected chi connectivity index (χ2v) is 11.6. The highest BCUT2D eigenvalue weighted by molar-refractivity contribution is 14.1. The Bertz CT molecular complexity index is 1780. The van der Waals surface area contributed by atoms with Crippen molar-refractivity contribution in [2.75, 3.05) is 32.5 Å². The molecule has 9 nitrogen and oxygen atoms in total. The standard InChI is InChI=1S/C32H29F2IN8O/c1-42(2)22-16-43(17-22)31(36)41-30(44)19-5-3-6-21(12-19)39-32-38-15-20-14-37-29(27-25(33)7-4-8-26(27)34)24-11-18(13-35)9-10-23(24)28(20)40-32/h3-12,15,22H,13-14,16-17H2,1-2H3,(H2,36,41,44)(H,38,39,40). The molecule has 0 atom stereocenters. The van der Waals surface area contributed by atoms with Gasteiger partial charge in [0.15, 0.2) is 5.96 Å². The van der Waals surface area contributed by atoms with Crippen molar-refractivity contribution < 1.29 is 13.6 Å². The quantitative estimate of drug-likeness (QED) is 0.108. The van der Waals surface area contributed by atoms with Gasteiger partial charge in [0.2, 0.25) is 5.95 Å². The topological polar surface area (TPSA) is 110 Å². The van der Waals surface area contributed by atoms with Gasteiger partial charge >= 0.3 is 0 Å². The van der Waals surface area contributed by atoms with Crippen molar-refractivity contribution in [3.63, 3.8) is 0 Å². The molecule has 2 aliphatic heterocycles. The van der Waals surface area contributed by atoms with E-state index >= 15 is 0 Å². The first-order chi connectivity index (χ1) is 21.2. The van der Waals surface area contributed by atoms with E-state index in [1.54, 1.807) is 30.5 Å². The number of nitrogens with one attached hydrogen (secondary N) is 3. The maximum absolute atomic E-state index is 14.9. The summed E-state index contributed by atoms with van der Waals surface area (Å²) < 4.78 is 30.6. The first-order valence-corrected chi connectivity index (χ1v) is 15.5. The lowest BCUT2D eigenvalue weighted by atomic mass is 9.93. The molecule has 12 heteroatoms. The van der Waals surface area contributed by atoms with E-state index in [2.05, 4.69) is 48.1 Å². The fraction of sp³-hybridized carbons (Fsp3) is 0.219. The second-order valence-electron chi connectivity index (χ2n) is 10.9. The number of nitrogens with zero attached hydrogens (tertiary/aromatic N) is 5. The third kappa shape index (κ3) is 5.91. The fourth-order valence-corrected chi connectivity index (χ4v) is 5.65. The van der Waals surface area contributed by atoms with E-state index in [0.29, 0.717) is 57.2 Å². The molecule has 0 saturated carbocycles. The molecule has 3 aromatic carbocycles. The number of hydrogen-bond acceptors (Lipinski definition) is 7. The zero-order valence-electron chi connectivity index (χ0n) is 24.0. The molecule has 44 heavy (non-hydrogen) atoms. The van der Waals surface area contributed by atoms with Gasteiger partial charge in [0, 0.05) is 57.7 Å². The van der Waals surface area contributed by atoms with Crippen molar-refractivity contribution in [3.8, 4) is 11.3 Å². The zero-order chi connectivity index (χ0) is 31.0. The Hall–Kier alpha value is -4.30. The van der Waals surface area contributed by atoms with Gasteiger partial charge in [0.25, 0.3) is 5.91 Å². The lowest BCUT2D eigenvalue weighted by Crippen LogP contribution is -2.62. The van der Waals surface area contributed by atoms with Crippen LogP contribution in [0.1, 0.15) is 32.6 Å². The maximum Gasteiger partial charge on any atom is 0.258 e. The first kappa shape index (κ1) is 29.8.